The predicted octanol–water partition coefficient (Wildman–Crippen LogP) is 11.5. The molecule has 4 aromatic rings. The van der Waals surface area contributed by atoms with Gasteiger partial charge in [0.15, 0.2) is 0 Å². The van der Waals surface area contributed by atoms with Gasteiger partial charge in [0.05, 0.1) is 18.1 Å². The minimum atomic E-state index is -3.96. The fraction of sp³-hybridized carbons (Fsp3) is 0.404. The first-order valence-corrected chi connectivity index (χ1v) is 23.0. The Morgan fingerprint density at radius 3 is 1.78 bits per heavy atom. The second kappa shape index (κ2) is 19.0. The summed E-state index contributed by atoms with van der Waals surface area (Å²) in [7, 11) is 3.58. The summed E-state index contributed by atoms with van der Waals surface area (Å²) in [6.45, 7) is 19.1. The van der Waals surface area contributed by atoms with Gasteiger partial charge in [-0.25, -0.2) is 8.42 Å². The Hall–Kier alpha value is -4.60. The molecule has 0 unspecified atom stereocenters. The molecule has 0 N–H and O–H groups in total. The lowest BCUT2D eigenvalue weighted by molar-refractivity contribution is -0.404. The average Bonchev–Trinajstić information content (AvgIpc) is 3.23. The van der Waals surface area contributed by atoms with E-state index in [1.54, 1.807) is 20.3 Å². The monoisotopic (exact) mass is 828 g/mol. The number of nitrogens with zero attached hydrogens (tertiary/aromatic N) is 3. The highest BCUT2D eigenvalue weighted by atomic mass is 32.2. The van der Waals surface area contributed by atoms with Crippen molar-refractivity contribution in [3.63, 3.8) is 0 Å². The van der Waals surface area contributed by atoms with Crippen LogP contribution in [0.2, 0.25) is 0 Å². The van der Waals surface area contributed by atoms with Gasteiger partial charge in [-0.1, -0.05) is 116 Å². The maximum absolute atomic E-state index is 14.8. The zero-order valence-electron chi connectivity index (χ0n) is 38.0. The molecule has 0 amide bonds. The molecule has 0 bridgehead atoms. The van der Waals surface area contributed by atoms with Gasteiger partial charge in [0, 0.05) is 74.6 Å². The summed E-state index contributed by atoms with van der Waals surface area (Å²) in [5.41, 5.74) is 16.0. The van der Waals surface area contributed by atoms with Crippen molar-refractivity contribution < 1.29 is 22.5 Å². The fourth-order valence-electron chi connectivity index (χ4n) is 8.83. The number of benzene rings is 4. The van der Waals surface area contributed by atoms with Crippen molar-refractivity contribution in [3.05, 3.63) is 147 Å². The van der Waals surface area contributed by atoms with Gasteiger partial charge in [-0.15, -0.1) is 0 Å². The van der Waals surface area contributed by atoms with Crippen LogP contribution in [0.15, 0.2) is 113 Å². The summed E-state index contributed by atoms with van der Waals surface area (Å²) in [6.07, 6.45) is 7.43. The SMILES string of the molecule is COCCN(CCOC)S(=O)(=O)c1ccccc1C1=C2C=C/C(=[N+](/C)c3c(C(C)C)cccc3C(C)C)C=C2Cc2cc(N(C)c3c(C(C)C)cccc3C(C)C)ccc21. The van der Waals surface area contributed by atoms with E-state index >= 15 is 0 Å². The molecule has 0 aliphatic heterocycles. The van der Waals surface area contributed by atoms with Crippen LogP contribution in [0.5, 0.6) is 0 Å². The first-order valence-electron chi connectivity index (χ1n) is 21.6. The summed E-state index contributed by atoms with van der Waals surface area (Å²) >= 11 is 0. The van der Waals surface area contributed by atoms with Crippen molar-refractivity contribution in [2.45, 2.75) is 90.4 Å². The first kappa shape index (κ1) is 44.9. The molecule has 7 nitrogen and oxygen atoms in total. The van der Waals surface area contributed by atoms with Gasteiger partial charge >= 0.3 is 0 Å². The molecule has 2 aliphatic carbocycles. The second-order valence-electron chi connectivity index (χ2n) is 17.4. The van der Waals surface area contributed by atoms with E-state index in [0.29, 0.717) is 35.7 Å². The summed E-state index contributed by atoms with van der Waals surface area (Å²) < 4.78 is 44.1. The molecule has 60 heavy (non-hydrogen) atoms. The van der Waals surface area contributed by atoms with Gasteiger partial charge in [0.1, 0.15) is 7.05 Å². The van der Waals surface area contributed by atoms with Gasteiger partial charge in [-0.05, 0) is 93.3 Å². The smallest absolute Gasteiger partial charge is 0.243 e. The summed E-state index contributed by atoms with van der Waals surface area (Å²) in [4.78, 5) is 2.62. The van der Waals surface area contributed by atoms with Crippen LogP contribution in [-0.4, -0.2) is 77.6 Å². The Kier molecular flexibility index (Phi) is 14.2. The van der Waals surface area contributed by atoms with E-state index in [2.05, 4.69) is 152 Å². The van der Waals surface area contributed by atoms with Crippen LogP contribution in [0.25, 0.3) is 5.57 Å². The summed E-state index contributed by atoms with van der Waals surface area (Å²) in [5.74, 6) is 1.40. The van der Waals surface area contributed by atoms with Gasteiger partial charge in [0.2, 0.25) is 21.4 Å². The molecule has 0 saturated heterocycles. The third-order valence-corrected chi connectivity index (χ3v) is 14.0. The number of rotatable bonds is 16. The molecule has 0 fully saturated rings. The average molecular weight is 829 g/mol. The van der Waals surface area contributed by atoms with E-state index in [1.807, 2.05) is 18.2 Å². The molecular formula is C52H66N3O4S+. The van der Waals surface area contributed by atoms with Gasteiger partial charge in [-0.3, -0.25) is 0 Å². The molecule has 0 heterocycles. The van der Waals surface area contributed by atoms with Crippen LogP contribution in [0, 0.1) is 0 Å². The standard InChI is InChI=1S/C52H66N3O4S/c1-34(2)42-18-15-19-43(35(3)4)51(42)53(9)40-23-25-46-38(32-40)31-39-33-41(54(10)52-44(36(5)6)20-16-21-45(52)37(7)8)24-26-47(39)50(46)48-17-13-14-22-49(48)60(56,57)55(27-29-58-11)28-30-59-12/h13-26,32-37H,27-31H2,1-12H3/q+1. The highest BCUT2D eigenvalue weighted by Gasteiger charge is 2.34. The number of hydrogen-bond acceptors (Lipinski definition) is 5. The van der Waals surface area contributed by atoms with Crippen LogP contribution in [0.4, 0.5) is 17.1 Å². The van der Waals surface area contributed by atoms with Crippen molar-refractivity contribution >= 4 is 38.4 Å². The van der Waals surface area contributed by atoms with Crippen LogP contribution in [0.3, 0.4) is 0 Å². The Bertz CT molecular complexity index is 2390. The van der Waals surface area contributed by atoms with E-state index in [9.17, 15) is 8.42 Å². The summed E-state index contributed by atoms with van der Waals surface area (Å²) in [5, 5.41) is 0. The predicted molar refractivity (Wildman–Crippen MR) is 250 cm³/mol. The highest BCUT2D eigenvalue weighted by molar-refractivity contribution is 7.89. The van der Waals surface area contributed by atoms with E-state index in [0.717, 1.165) is 39.2 Å². The third kappa shape index (κ3) is 8.89. The van der Waals surface area contributed by atoms with E-state index in [-0.39, 0.29) is 31.2 Å². The molecule has 0 atom stereocenters. The largest absolute Gasteiger partial charge is 0.383 e. The lowest BCUT2D eigenvalue weighted by Gasteiger charge is -2.32. The summed E-state index contributed by atoms with van der Waals surface area (Å²) in [6, 6.07) is 27.6. The van der Waals surface area contributed by atoms with Crippen molar-refractivity contribution in [1.82, 2.24) is 4.31 Å². The van der Waals surface area contributed by atoms with Crippen LogP contribution < -0.4 is 4.90 Å². The molecule has 4 aromatic carbocycles. The Labute approximate surface area is 360 Å². The van der Waals surface area contributed by atoms with E-state index in [1.165, 1.54) is 37.9 Å². The number of allylic oxidation sites excluding steroid dienone is 5. The zero-order valence-corrected chi connectivity index (χ0v) is 38.8. The number of ether oxygens (including phenoxy) is 2. The number of sulfonamides is 1. The molecule has 0 radical (unpaired) electrons. The van der Waals surface area contributed by atoms with Crippen molar-refractivity contribution in [2.75, 3.05) is 59.5 Å². The van der Waals surface area contributed by atoms with Crippen molar-refractivity contribution in [3.8, 4) is 0 Å². The Balaban J connectivity index is 1.61. The minimum absolute atomic E-state index is 0.219. The molecule has 0 saturated carbocycles. The first-order chi connectivity index (χ1) is 28.6. The van der Waals surface area contributed by atoms with Gasteiger partial charge in [-0.2, -0.15) is 8.88 Å². The quantitative estimate of drug-likeness (QED) is 0.105. The van der Waals surface area contributed by atoms with Crippen LogP contribution >= 0.6 is 0 Å². The highest BCUT2D eigenvalue weighted by Crippen LogP contribution is 2.46. The second-order valence-corrected chi connectivity index (χ2v) is 19.3. The molecule has 0 aromatic heterocycles. The lowest BCUT2D eigenvalue weighted by Crippen LogP contribution is -2.37. The molecule has 6 rings (SSSR count). The minimum Gasteiger partial charge on any atom is -0.383 e. The van der Waals surface area contributed by atoms with E-state index in [4.69, 9.17) is 9.47 Å². The number of anilines is 2. The van der Waals surface area contributed by atoms with Crippen molar-refractivity contribution in [2.24, 2.45) is 0 Å². The molecule has 0 spiro atoms. The Morgan fingerprint density at radius 1 is 0.683 bits per heavy atom. The number of methoxy groups -OCH3 is 2. The van der Waals surface area contributed by atoms with Gasteiger partial charge in [0.25, 0.3) is 0 Å². The maximum atomic E-state index is 14.8. The van der Waals surface area contributed by atoms with E-state index < -0.39 is 10.0 Å². The topological polar surface area (TPSA) is 62.1 Å². The third-order valence-electron chi connectivity index (χ3n) is 12.1. The number of hydrogen-bond donors (Lipinski definition) is 0. The Morgan fingerprint density at radius 2 is 1.23 bits per heavy atom. The molecule has 318 valence electrons. The van der Waals surface area contributed by atoms with Gasteiger partial charge < -0.3 is 14.4 Å². The lowest BCUT2D eigenvalue weighted by atomic mass is 9.77. The normalized spacial score (nSPS) is 15.1. The molecule has 8 heteroatoms. The zero-order chi connectivity index (χ0) is 43.5. The molecular weight excluding hydrogens is 763 g/mol. The van der Waals surface area contributed by atoms with Crippen molar-refractivity contribution in [1.29, 1.82) is 0 Å². The maximum Gasteiger partial charge on any atom is 0.243 e. The number of fused-ring (bicyclic) bond motifs is 2. The number of para-hydroxylation sites is 2. The van der Waals surface area contributed by atoms with Crippen LogP contribution in [-0.2, 0) is 25.9 Å². The molecule has 2 aliphatic rings. The fourth-order valence-corrected chi connectivity index (χ4v) is 10.4. The van der Waals surface area contributed by atoms with Crippen LogP contribution in [0.1, 0.15) is 118 Å².